The molecule has 0 aliphatic rings. The Bertz CT molecular complexity index is 1620. The standard InChI is InChI=1S/C27H27N7O6/c1-4-37-26-28-21-8-6-7-20(25(35)39-16-40-27(36)38-5-2)23(21)34(26)15-18-9-11-19(12-10-18)33-14-17(3)13-22(33)24-29-31-32-30-24/h6-14H,4-5,15-16H2,1-3H3,(H,29,30,31,32). The summed E-state index contributed by atoms with van der Waals surface area (Å²) in [5, 5.41) is 14.2. The van der Waals surface area contributed by atoms with Crippen molar-refractivity contribution in [2.45, 2.75) is 27.3 Å². The Kier molecular flexibility index (Phi) is 7.71. The molecule has 2 aromatic carbocycles. The van der Waals surface area contributed by atoms with Gasteiger partial charge in [-0.1, -0.05) is 18.2 Å². The van der Waals surface area contributed by atoms with Gasteiger partial charge in [0, 0.05) is 11.9 Å². The van der Waals surface area contributed by atoms with Crippen molar-refractivity contribution in [3.8, 4) is 23.2 Å². The molecule has 5 rings (SSSR count). The van der Waals surface area contributed by atoms with E-state index in [0.29, 0.717) is 36.0 Å². The molecule has 0 amide bonds. The fourth-order valence-electron chi connectivity index (χ4n) is 4.29. The second kappa shape index (κ2) is 11.7. The Labute approximate surface area is 228 Å². The minimum atomic E-state index is -0.916. The van der Waals surface area contributed by atoms with Gasteiger partial charge in [-0.15, -0.1) is 5.10 Å². The number of para-hydroxylation sites is 1. The zero-order chi connectivity index (χ0) is 28.1. The molecule has 0 unspecified atom stereocenters. The van der Waals surface area contributed by atoms with Crippen LogP contribution in [0.4, 0.5) is 4.79 Å². The van der Waals surface area contributed by atoms with Crippen LogP contribution in [0.1, 0.15) is 35.3 Å². The number of aromatic amines is 1. The smallest absolute Gasteiger partial charge is 0.465 e. The Balaban J connectivity index is 1.43. The third-order valence-electron chi connectivity index (χ3n) is 5.95. The molecule has 13 nitrogen and oxygen atoms in total. The van der Waals surface area contributed by atoms with Crippen LogP contribution in [0.25, 0.3) is 28.2 Å². The van der Waals surface area contributed by atoms with E-state index >= 15 is 0 Å². The zero-order valence-corrected chi connectivity index (χ0v) is 22.2. The van der Waals surface area contributed by atoms with Crippen molar-refractivity contribution in [1.29, 1.82) is 0 Å². The maximum Gasteiger partial charge on any atom is 0.511 e. The van der Waals surface area contributed by atoms with Gasteiger partial charge in [0.15, 0.2) is 5.82 Å². The molecule has 3 aromatic heterocycles. The van der Waals surface area contributed by atoms with E-state index in [4.69, 9.17) is 14.2 Å². The van der Waals surface area contributed by atoms with E-state index in [1.807, 2.05) is 59.5 Å². The number of fused-ring (bicyclic) bond motifs is 1. The molecule has 5 aromatic rings. The topological polar surface area (TPSA) is 148 Å². The molecule has 206 valence electrons. The average Bonchev–Trinajstić information content (AvgIpc) is 3.69. The number of hydrogen-bond donors (Lipinski definition) is 1. The van der Waals surface area contributed by atoms with Gasteiger partial charge in [-0.2, -0.15) is 4.98 Å². The highest BCUT2D eigenvalue weighted by molar-refractivity contribution is 6.02. The molecule has 1 N–H and O–H groups in total. The first-order valence-electron chi connectivity index (χ1n) is 12.6. The lowest BCUT2D eigenvalue weighted by Gasteiger charge is -2.13. The summed E-state index contributed by atoms with van der Waals surface area (Å²) in [5.41, 5.74) is 5.14. The number of ether oxygens (including phenoxy) is 4. The first kappa shape index (κ1) is 26.4. The molecule has 0 fully saturated rings. The van der Waals surface area contributed by atoms with Crippen molar-refractivity contribution >= 4 is 23.2 Å². The number of rotatable bonds is 10. The van der Waals surface area contributed by atoms with Gasteiger partial charge in [0.2, 0.25) is 6.79 Å². The second-order valence-electron chi connectivity index (χ2n) is 8.65. The Morgan fingerprint density at radius 2 is 1.82 bits per heavy atom. The molecule has 0 aliphatic carbocycles. The first-order valence-corrected chi connectivity index (χ1v) is 12.6. The van der Waals surface area contributed by atoms with E-state index in [1.165, 1.54) is 0 Å². The predicted octanol–water partition coefficient (Wildman–Crippen LogP) is 4.05. The molecule has 3 heterocycles. The summed E-state index contributed by atoms with van der Waals surface area (Å²) >= 11 is 0. The summed E-state index contributed by atoms with van der Waals surface area (Å²) in [6.45, 7) is 5.85. The number of carbonyl (C=O) groups is 2. The summed E-state index contributed by atoms with van der Waals surface area (Å²) in [5.74, 6) is -0.109. The fourth-order valence-corrected chi connectivity index (χ4v) is 4.29. The number of carbonyl (C=O) groups excluding carboxylic acids is 2. The van der Waals surface area contributed by atoms with Crippen molar-refractivity contribution in [2.24, 2.45) is 0 Å². The fraction of sp³-hybridized carbons (Fsp3) is 0.259. The molecule has 0 saturated carbocycles. The van der Waals surface area contributed by atoms with Crippen molar-refractivity contribution < 1.29 is 28.5 Å². The quantitative estimate of drug-likeness (QED) is 0.201. The summed E-state index contributed by atoms with van der Waals surface area (Å²) in [6.07, 6.45) is 1.09. The maximum absolute atomic E-state index is 12.9. The third-order valence-corrected chi connectivity index (χ3v) is 5.95. The highest BCUT2D eigenvalue weighted by Crippen LogP contribution is 2.28. The lowest BCUT2D eigenvalue weighted by molar-refractivity contribution is -0.0261. The number of H-pyrrole nitrogens is 1. The SMILES string of the molecule is CCOC(=O)OCOC(=O)c1cccc2nc(OCC)n(Cc3ccc(-n4cc(C)cc4-c4nnn[nH]4)cc3)c12. The predicted molar refractivity (Wildman–Crippen MR) is 142 cm³/mol. The average molecular weight is 546 g/mol. The van der Waals surface area contributed by atoms with E-state index in [9.17, 15) is 9.59 Å². The van der Waals surface area contributed by atoms with Gasteiger partial charge in [0.1, 0.15) is 0 Å². The van der Waals surface area contributed by atoms with E-state index in [-0.39, 0.29) is 12.2 Å². The van der Waals surface area contributed by atoms with E-state index in [0.717, 1.165) is 22.5 Å². The maximum atomic E-state index is 12.9. The summed E-state index contributed by atoms with van der Waals surface area (Å²) in [4.78, 5) is 29.0. The molecule has 0 saturated heterocycles. The largest absolute Gasteiger partial charge is 0.511 e. The molecule has 0 aliphatic heterocycles. The minimum absolute atomic E-state index is 0.150. The van der Waals surface area contributed by atoms with Crippen LogP contribution in [0.2, 0.25) is 0 Å². The number of hydrogen-bond acceptors (Lipinski definition) is 10. The molecular weight excluding hydrogens is 518 g/mol. The number of imidazole rings is 1. The monoisotopic (exact) mass is 545 g/mol. The van der Waals surface area contributed by atoms with E-state index in [2.05, 4.69) is 30.3 Å². The van der Waals surface area contributed by atoms with Gasteiger partial charge in [0.05, 0.1) is 42.0 Å². The number of nitrogens with one attached hydrogen (secondary N) is 1. The van der Waals surface area contributed by atoms with Gasteiger partial charge in [0.25, 0.3) is 6.01 Å². The molecule has 0 radical (unpaired) electrons. The lowest BCUT2D eigenvalue weighted by Crippen LogP contribution is -2.15. The van der Waals surface area contributed by atoms with Gasteiger partial charge in [-0.3, -0.25) is 4.57 Å². The van der Waals surface area contributed by atoms with Crippen LogP contribution in [0.5, 0.6) is 6.01 Å². The van der Waals surface area contributed by atoms with Crippen LogP contribution in [-0.4, -0.2) is 66.9 Å². The van der Waals surface area contributed by atoms with Gasteiger partial charge < -0.3 is 23.5 Å². The summed E-state index contributed by atoms with van der Waals surface area (Å²) in [6, 6.07) is 15.4. The second-order valence-corrected chi connectivity index (χ2v) is 8.65. The molecule has 13 heteroatoms. The van der Waals surface area contributed by atoms with E-state index < -0.39 is 18.9 Å². The molecule has 40 heavy (non-hydrogen) atoms. The van der Waals surface area contributed by atoms with Crippen molar-refractivity contribution in [1.82, 2.24) is 34.7 Å². The minimum Gasteiger partial charge on any atom is -0.465 e. The summed E-state index contributed by atoms with van der Waals surface area (Å²) < 4.78 is 24.3. The summed E-state index contributed by atoms with van der Waals surface area (Å²) in [7, 11) is 0. The van der Waals surface area contributed by atoms with Crippen LogP contribution >= 0.6 is 0 Å². The van der Waals surface area contributed by atoms with Gasteiger partial charge in [-0.25, -0.2) is 14.7 Å². The molecule has 0 atom stereocenters. The number of aromatic nitrogens is 7. The zero-order valence-electron chi connectivity index (χ0n) is 22.2. The Hall–Kier alpha value is -5.20. The number of aryl methyl sites for hydroxylation is 1. The highest BCUT2D eigenvalue weighted by Gasteiger charge is 2.21. The van der Waals surface area contributed by atoms with Crippen molar-refractivity contribution in [3.63, 3.8) is 0 Å². The number of tetrazole rings is 1. The van der Waals surface area contributed by atoms with Crippen LogP contribution in [0.15, 0.2) is 54.7 Å². The molecular formula is C27H27N7O6. The van der Waals surface area contributed by atoms with Crippen LogP contribution in [0.3, 0.4) is 0 Å². The number of esters is 1. The molecule has 0 bridgehead atoms. The van der Waals surface area contributed by atoms with Crippen molar-refractivity contribution in [2.75, 3.05) is 20.0 Å². The van der Waals surface area contributed by atoms with Gasteiger partial charge in [-0.05, 0) is 72.7 Å². The Morgan fingerprint density at radius 1 is 1.00 bits per heavy atom. The Morgan fingerprint density at radius 3 is 2.55 bits per heavy atom. The normalized spacial score (nSPS) is 11.0. The van der Waals surface area contributed by atoms with E-state index in [1.54, 1.807) is 25.1 Å². The number of benzene rings is 2. The highest BCUT2D eigenvalue weighted by atomic mass is 16.8. The molecule has 0 spiro atoms. The van der Waals surface area contributed by atoms with Gasteiger partial charge >= 0.3 is 12.1 Å². The first-order chi connectivity index (χ1) is 19.5. The van der Waals surface area contributed by atoms with Crippen molar-refractivity contribution in [3.05, 3.63) is 71.4 Å². The van der Waals surface area contributed by atoms with Crippen LogP contribution < -0.4 is 4.74 Å². The van der Waals surface area contributed by atoms with Crippen LogP contribution in [0, 0.1) is 6.92 Å². The number of nitrogens with zero attached hydrogens (tertiary/aromatic N) is 6. The van der Waals surface area contributed by atoms with Crippen LogP contribution in [-0.2, 0) is 20.8 Å². The lowest BCUT2D eigenvalue weighted by atomic mass is 10.1. The third kappa shape index (κ3) is 5.48.